The van der Waals surface area contributed by atoms with Gasteiger partial charge in [0.15, 0.2) is 0 Å². The molecule has 1 N–H and O–H groups in total. The van der Waals surface area contributed by atoms with Gasteiger partial charge in [0, 0.05) is 16.3 Å². The first-order valence-electron chi connectivity index (χ1n) is 8.18. The fraction of sp³-hybridized carbons (Fsp3) is 0.0455. The van der Waals surface area contributed by atoms with Gasteiger partial charge in [-0.3, -0.25) is 0 Å². The third kappa shape index (κ3) is 1.80. The lowest BCUT2D eigenvalue weighted by atomic mass is 10.0. The molecule has 0 spiro atoms. The van der Waals surface area contributed by atoms with Crippen molar-refractivity contribution < 1.29 is 0 Å². The number of aryl methyl sites for hydroxylation is 1. The Morgan fingerprint density at radius 3 is 2.00 bits per heavy atom. The van der Waals surface area contributed by atoms with Crippen LogP contribution >= 0.6 is 0 Å². The van der Waals surface area contributed by atoms with Crippen LogP contribution in [0.2, 0.25) is 0 Å². The molecule has 5 rings (SSSR count). The second-order valence-corrected chi connectivity index (χ2v) is 6.22. The van der Waals surface area contributed by atoms with Crippen LogP contribution in [0.1, 0.15) is 5.56 Å². The Kier molecular flexibility index (Phi) is 2.74. The molecule has 0 saturated carbocycles. The van der Waals surface area contributed by atoms with Crippen LogP contribution in [0.3, 0.4) is 0 Å². The van der Waals surface area contributed by atoms with Crippen molar-refractivity contribution in [3.63, 3.8) is 0 Å². The fourth-order valence-corrected chi connectivity index (χ4v) is 3.59. The van der Waals surface area contributed by atoms with Crippen LogP contribution < -0.4 is 0 Å². The first kappa shape index (κ1) is 13.3. The van der Waals surface area contributed by atoms with Gasteiger partial charge in [-0.2, -0.15) is 0 Å². The predicted molar refractivity (Wildman–Crippen MR) is 101 cm³/mol. The van der Waals surface area contributed by atoms with Gasteiger partial charge in [-0.1, -0.05) is 72.8 Å². The van der Waals surface area contributed by atoms with Crippen molar-refractivity contribution in [3.8, 4) is 11.4 Å². The third-order valence-corrected chi connectivity index (χ3v) is 4.77. The molecule has 0 unspecified atom stereocenters. The van der Waals surface area contributed by atoms with Crippen LogP contribution in [-0.2, 0) is 0 Å². The number of hydrogen-bond donors (Lipinski definition) is 1. The van der Waals surface area contributed by atoms with Gasteiger partial charge >= 0.3 is 0 Å². The van der Waals surface area contributed by atoms with E-state index in [4.69, 9.17) is 4.98 Å². The maximum Gasteiger partial charge on any atom is 0.138 e. The van der Waals surface area contributed by atoms with Gasteiger partial charge in [0.25, 0.3) is 0 Å². The van der Waals surface area contributed by atoms with Gasteiger partial charge < -0.3 is 4.98 Å². The number of nitrogens with zero attached hydrogens (tertiary/aromatic N) is 1. The van der Waals surface area contributed by atoms with E-state index in [2.05, 4.69) is 84.7 Å². The van der Waals surface area contributed by atoms with Crippen molar-refractivity contribution >= 4 is 32.6 Å². The van der Waals surface area contributed by atoms with Crippen LogP contribution in [0.5, 0.6) is 0 Å². The quantitative estimate of drug-likeness (QED) is 0.387. The molecule has 5 aromatic rings. The molecule has 24 heavy (non-hydrogen) atoms. The Hall–Kier alpha value is -3.13. The molecular weight excluding hydrogens is 292 g/mol. The molecule has 0 amide bonds. The van der Waals surface area contributed by atoms with Gasteiger partial charge in [-0.15, -0.1) is 0 Å². The summed E-state index contributed by atoms with van der Waals surface area (Å²) in [6, 6.07) is 25.4. The minimum atomic E-state index is 0.935. The number of benzene rings is 4. The van der Waals surface area contributed by atoms with E-state index < -0.39 is 0 Å². The number of rotatable bonds is 1. The number of H-pyrrole nitrogens is 1. The summed E-state index contributed by atoms with van der Waals surface area (Å²) in [6.07, 6.45) is 0. The smallest absolute Gasteiger partial charge is 0.138 e. The minimum absolute atomic E-state index is 0.935. The third-order valence-electron chi connectivity index (χ3n) is 4.77. The minimum Gasteiger partial charge on any atom is -0.337 e. The summed E-state index contributed by atoms with van der Waals surface area (Å²) in [6.45, 7) is 2.12. The van der Waals surface area contributed by atoms with Crippen molar-refractivity contribution in [2.45, 2.75) is 6.92 Å². The average molecular weight is 308 g/mol. The van der Waals surface area contributed by atoms with Crippen LogP contribution in [-0.4, -0.2) is 9.97 Å². The van der Waals surface area contributed by atoms with E-state index in [1.807, 2.05) is 0 Å². The predicted octanol–water partition coefficient (Wildman–Crippen LogP) is 5.84. The Labute approximate surface area is 139 Å². The molecule has 0 aliphatic rings. The standard InChI is InChI=1S/C22H16N2/c1-14-8-2-3-9-15(14)22-23-20-18-12-6-4-10-16(18)17-11-5-7-13-19(17)21(20)24-22/h2-13H,1H3,(H,23,24). The number of fused-ring (bicyclic) bond motifs is 6. The van der Waals surface area contributed by atoms with Crippen molar-refractivity contribution in [3.05, 3.63) is 78.4 Å². The molecule has 0 radical (unpaired) electrons. The lowest BCUT2D eigenvalue weighted by molar-refractivity contribution is 1.31. The molecule has 1 heterocycles. The Morgan fingerprint density at radius 1 is 0.667 bits per heavy atom. The van der Waals surface area contributed by atoms with Crippen LogP contribution in [0.25, 0.3) is 44.0 Å². The van der Waals surface area contributed by atoms with Gasteiger partial charge in [-0.25, -0.2) is 4.98 Å². The van der Waals surface area contributed by atoms with E-state index >= 15 is 0 Å². The molecule has 0 atom stereocenters. The van der Waals surface area contributed by atoms with E-state index in [1.165, 1.54) is 27.1 Å². The molecule has 0 saturated heterocycles. The number of aromatic amines is 1. The Bertz CT molecular complexity index is 1140. The molecule has 2 nitrogen and oxygen atoms in total. The molecule has 1 aromatic heterocycles. The summed E-state index contributed by atoms with van der Waals surface area (Å²) in [5, 5.41) is 4.94. The number of nitrogens with one attached hydrogen (secondary N) is 1. The highest BCUT2D eigenvalue weighted by molar-refractivity contribution is 6.23. The zero-order chi connectivity index (χ0) is 16.1. The first-order valence-corrected chi connectivity index (χ1v) is 8.18. The molecule has 0 fully saturated rings. The summed E-state index contributed by atoms with van der Waals surface area (Å²) in [4.78, 5) is 8.54. The highest BCUT2D eigenvalue weighted by atomic mass is 14.9. The van der Waals surface area contributed by atoms with E-state index in [1.54, 1.807) is 0 Å². The Morgan fingerprint density at radius 2 is 1.25 bits per heavy atom. The normalized spacial score (nSPS) is 11.5. The molecule has 2 heteroatoms. The molecule has 0 aliphatic carbocycles. The largest absolute Gasteiger partial charge is 0.337 e. The van der Waals surface area contributed by atoms with Gasteiger partial charge in [0.2, 0.25) is 0 Å². The monoisotopic (exact) mass is 308 g/mol. The maximum atomic E-state index is 4.97. The van der Waals surface area contributed by atoms with E-state index in [9.17, 15) is 0 Å². The van der Waals surface area contributed by atoms with Crippen molar-refractivity contribution in [1.29, 1.82) is 0 Å². The van der Waals surface area contributed by atoms with Crippen LogP contribution in [0, 0.1) is 6.92 Å². The molecule has 0 aliphatic heterocycles. The SMILES string of the molecule is Cc1ccccc1-c1nc2c3ccccc3c3ccccc3c2[nH]1. The van der Waals surface area contributed by atoms with Gasteiger partial charge in [0.1, 0.15) is 5.82 Å². The van der Waals surface area contributed by atoms with Gasteiger partial charge in [0.05, 0.1) is 11.0 Å². The first-order chi connectivity index (χ1) is 11.8. The zero-order valence-electron chi connectivity index (χ0n) is 13.4. The fourth-order valence-electron chi connectivity index (χ4n) is 3.59. The van der Waals surface area contributed by atoms with E-state index in [0.29, 0.717) is 0 Å². The second-order valence-electron chi connectivity index (χ2n) is 6.22. The van der Waals surface area contributed by atoms with Crippen molar-refractivity contribution in [2.75, 3.05) is 0 Å². The summed E-state index contributed by atoms with van der Waals surface area (Å²) in [5.41, 5.74) is 4.54. The number of hydrogen-bond acceptors (Lipinski definition) is 1. The zero-order valence-corrected chi connectivity index (χ0v) is 13.4. The number of imidazole rings is 1. The highest BCUT2D eigenvalue weighted by Crippen LogP contribution is 2.35. The lowest BCUT2D eigenvalue weighted by Crippen LogP contribution is -1.84. The summed E-state index contributed by atoms with van der Waals surface area (Å²) < 4.78 is 0. The topological polar surface area (TPSA) is 28.7 Å². The lowest BCUT2D eigenvalue weighted by Gasteiger charge is -2.05. The van der Waals surface area contributed by atoms with Crippen LogP contribution in [0.15, 0.2) is 72.8 Å². The average Bonchev–Trinajstić information content (AvgIpc) is 3.08. The highest BCUT2D eigenvalue weighted by Gasteiger charge is 2.13. The van der Waals surface area contributed by atoms with Gasteiger partial charge in [-0.05, 0) is 23.3 Å². The van der Waals surface area contributed by atoms with Crippen molar-refractivity contribution in [2.24, 2.45) is 0 Å². The number of aromatic nitrogens is 2. The maximum absolute atomic E-state index is 4.97. The van der Waals surface area contributed by atoms with E-state index in [0.717, 1.165) is 22.4 Å². The summed E-state index contributed by atoms with van der Waals surface area (Å²) in [5.74, 6) is 0.935. The molecule has 0 bridgehead atoms. The molecular formula is C22H16N2. The summed E-state index contributed by atoms with van der Waals surface area (Å²) in [7, 11) is 0. The summed E-state index contributed by atoms with van der Waals surface area (Å²) >= 11 is 0. The van der Waals surface area contributed by atoms with E-state index in [-0.39, 0.29) is 0 Å². The molecule has 114 valence electrons. The second kappa shape index (κ2) is 4.93. The Balaban J connectivity index is 1.98. The van der Waals surface area contributed by atoms with Crippen LogP contribution in [0.4, 0.5) is 0 Å². The van der Waals surface area contributed by atoms with Crippen molar-refractivity contribution in [1.82, 2.24) is 9.97 Å². The molecule has 4 aromatic carbocycles.